The molecule has 0 atom stereocenters. The van der Waals surface area contributed by atoms with Crippen LogP contribution in [0.5, 0.6) is 0 Å². The molecular formula is C3H4BNS. The van der Waals surface area contributed by atoms with E-state index in [1.807, 2.05) is 24.5 Å². The molecule has 3 heteroatoms. The molecule has 0 amide bonds. The third-order valence-electron chi connectivity index (χ3n) is 0.490. The fourth-order valence-electron chi connectivity index (χ4n) is 0.258. The van der Waals surface area contributed by atoms with Gasteiger partial charge in [-0.25, -0.2) is 0 Å². The molecule has 1 heterocycles. The van der Waals surface area contributed by atoms with Crippen LogP contribution in [0, 0.1) is 0 Å². The second-order valence-corrected chi connectivity index (χ2v) is 1.67. The molecule has 0 bridgehead atoms. The van der Waals surface area contributed by atoms with Crippen LogP contribution in [-0.2, 0) is 0 Å². The van der Waals surface area contributed by atoms with Gasteiger partial charge in [0.1, 0.15) is 0 Å². The molecule has 0 unspecified atom stereocenters. The van der Waals surface area contributed by atoms with Crippen molar-refractivity contribution in [2.24, 2.45) is 0 Å². The summed E-state index contributed by atoms with van der Waals surface area (Å²) in [6.45, 7) is 0. The van der Waals surface area contributed by atoms with Crippen LogP contribution >= 0.6 is 11.9 Å². The summed E-state index contributed by atoms with van der Waals surface area (Å²) in [4.78, 5) is 0. The van der Waals surface area contributed by atoms with E-state index in [0.717, 1.165) is 0 Å². The van der Waals surface area contributed by atoms with Crippen LogP contribution in [-0.4, -0.2) is 13.0 Å². The maximum atomic E-state index is 2.93. The van der Waals surface area contributed by atoms with Gasteiger partial charge >= 0.3 is 41.1 Å². The fraction of sp³-hybridized carbons (Fsp3) is 0. The van der Waals surface area contributed by atoms with Gasteiger partial charge in [0.05, 0.1) is 0 Å². The average Bonchev–Trinajstić information content (AvgIpc) is 1.72. The van der Waals surface area contributed by atoms with Gasteiger partial charge < -0.3 is 0 Å². The molecule has 30 valence electrons. The van der Waals surface area contributed by atoms with Gasteiger partial charge in [-0.1, -0.05) is 0 Å². The summed E-state index contributed by atoms with van der Waals surface area (Å²) in [5.74, 6) is 1.95. The van der Waals surface area contributed by atoms with Crippen molar-refractivity contribution in [1.82, 2.24) is 4.63 Å². The molecule has 1 aliphatic heterocycles. The van der Waals surface area contributed by atoms with Crippen LogP contribution in [0.2, 0.25) is 0 Å². The van der Waals surface area contributed by atoms with E-state index in [0.29, 0.717) is 0 Å². The minimum absolute atomic E-state index is 1.58. The van der Waals surface area contributed by atoms with Crippen molar-refractivity contribution < 1.29 is 0 Å². The summed E-state index contributed by atoms with van der Waals surface area (Å²) in [7, 11) is 1.89. The molecule has 0 aliphatic carbocycles. The fourth-order valence-corrected chi connectivity index (χ4v) is 0.663. The first-order valence-electron chi connectivity index (χ1n) is 1.73. The van der Waals surface area contributed by atoms with Crippen molar-refractivity contribution in [3.05, 3.63) is 11.5 Å². The third kappa shape index (κ3) is 0.900. The van der Waals surface area contributed by atoms with E-state index in [1.165, 1.54) is 0 Å². The van der Waals surface area contributed by atoms with E-state index < -0.39 is 0 Å². The molecule has 0 aromatic heterocycles. The zero-order valence-corrected chi connectivity index (χ0v) is 4.03. The first-order valence-corrected chi connectivity index (χ1v) is 2.61. The van der Waals surface area contributed by atoms with Crippen molar-refractivity contribution in [3.63, 3.8) is 0 Å². The van der Waals surface area contributed by atoms with Crippen LogP contribution < -0.4 is 4.63 Å². The molecule has 0 saturated heterocycles. The Hall–Kier alpha value is -0.175. The summed E-state index contributed by atoms with van der Waals surface area (Å²) in [6, 6.07) is 0. The molecule has 0 saturated carbocycles. The third-order valence-corrected chi connectivity index (χ3v) is 1.06. The number of allylic oxidation sites excluding steroid dienone is 1. The van der Waals surface area contributed by atoms with Gasteiger partial charge in [0.15, 0.2) is 0 Å². The van der Waals surface area contributed by atoms with Crippen LogP contribution in [0.4, 0.5) is 0 Å². The summed E-state index contributed by atoms with van der Waals surface area (Å²) in [6.07, 6.45) is 1.99. The Bertz CT molecular complexity index is 76.8. The number of hydrogen-bond donors (Lipinski definition) is 1. The summed E-state index contributed by atoms with van der Waals surface area (Å²) in [5.41, 5.74) is 0. The van der Waals surface area contributed by atoms with Crippen molar-refractivity contribution in [2.75, 3.05) is 0 Å². The molecule has 6 heavy (non-hydrogen) atoms. The van der Waals surface area contributed by atoms with Gasteiger partial charge in [0, 0.05) is 0 Å². The molecule has 0 fully saturated rings. The Morgan fingerprint density at radius 3 is 2.83 bits per heavy atom. The molecule has 1 aliphatic rings. The zero-order valence-electron chi connectivity index (χ0n) is 3.22. The van der Waals surface area contributed by atoms with Crippen LogP contribution in [0.1, 0.15) is 0 Å². The maximum absolute atomic E-state index is 2.93. The van der Waals surface area contributed by atoms with Gasteiger partial charge in [0.2, 0.25) is 0 Å². The molecule has 1 nitrogen and oxygen atoms in total. The second kappa shape index (κ2) is 2.08. The Morgan fingerprint density at radius 2 is 2.67 bits per heavy atom. The molecule has 1 N–H and O–H groups in total. The van der Waals surface area contributed by atoms with Crippen LogP contribution in [0.3, 0.4) is 0 Å². The van der Waals surface area contributed by atoms with E-state index in [1.54, 1.807) is 11.9 Å². The van der Waals surface area contributed by atoms with Gasteiger partial charge in [0.25, 0.3) is 0 Å². The van der Waals surface area contributed by atoms with Gasteiger partial charge in [-0.05, 0) is 0 Å². The predicted molar refractivity (Wildman–Crippen MR) is 31.7 cm³/mol. The zero-order chi connectivity index (χ0) is 4.24. The number of rotatable bonds is 0. The van der Waals surface area contributed by atoms with Crippen molar-refractivity contribution >= 4 is 25.0 Å². The van der Waals surface area contributed by atoms with Crippen molar-refractivity contribution in [2.45, 2.75) is 0 Å². The standard InChI is InChI=1S/C3H4BNS/c1-2-4-5-6-3-1/h1-3,5H. The summed E-state index contributed by atoms with van der Waals surface area (Å²) < 4.78 is 2.93. The quantitative estimate of drug-likeness (QED) is 0.341. The number of hydrogen-bond acceptors (Lipinski definition) is 2. The predicted octanol–water partition coefficient (Wildman–Crippen LogP) is 0.173. The Labute approximate surface area is 41.9 Å². The Balaban J connectivity index is 2.46. The SMILES string of the molecule is B1=CC=CSN1. The van der Waals surface area contributed by atoms with Crippen LogP contribution in [0.15, 0.2) is 11.5 Å². The molecule has 0 aromatic carbocycles. The van der Waals surface area contributed by atoms with Gasteiger partial charge in [-0.2, -0.15) is 0 Å². The average molecular weight is 97.0 g/mol. The summed E-state index contributed by atoms with van der Waals surface area (Å²) in [5, 5.41) is 1.99. The number of nitrogens with one attached hydrogen (secondary N) is 1. The first-order chi connectivity index (χ1) is 3.00. The minimum atomic E-state index is 1.58. The molecule has 0 spiro atoms. The second-order valence-electron chi connectivity index (χ2n) is 0.923. The van der Waals surface area contributed by atoms with E-state index in [-0.39, 0.29) is 0 Å². The molecular weight excluding hydrogens is 92.9 g/mol. The summed E-state index contributed by atoms with van der Waals surface area (Å²) >= 11 is 1.58. The monoisotopic (exact) mass is 97.0 g/mol. The van der Waals surface area contributed by atoms with Gasteiger partial charge in [-0.3, -0.25) is 0 Å². The van der Waals surface area contributed by atoms with E-state index in [4.69, 9.17) is 0 Å². The van der Waals surface area contributed by atoms with Crippen molar-refractivity contribution in [3.8, 4) is 0 Å². The van der Waals surface area contributed by atoms with Gasteiger partial charge in [-0.15, -0.1) is 0 Å². The Kier molecular flexibility index (Phi) is 1.39. The van der Waals surface area contributed by atoms with Crippen LogP contribution in [0.25, 0.3) is 0 Å². The normalized spacial score (nSPS) is 16.0. The van der Waals surface area contributed by atoms with Crippen molar-refractivity contribution in [1.29, 1.82) is 0 Å². The topological polar surface area (TPSA) is 12.0 Å². The molecule has 0 aromatic rings. The molecule has 0 radical (unpaired) electrons. The first kappa shape index (κ1) is 4.00. The Morgan fingerprint density at radius 1 is 1.67 bits per heavy atom. The van der Waals surface area contributed by atoms with E-state index in [2.05, 4.69) is 4.63 Å². The van der Waals surface area contributed by atoms with E-state index >= 15 is 0 Å². The molecule has 1 rings (SSSR count). The van der Waals surface area contributed by atoms with E-state index in [9.17, 15) is 0 Å².